The SMILES string of the molecule is CCNC(=O)NC(=O)C(C)NCC(=O)N(C)C. The first-order chi connectivity index (χ1) is 7.88. The minimum atomic E-state index is -0.610. The molecule has 3 N–H and O–H groups in total. The third-order valence-electron chi connectivity index (χ3n) is 2.03. The van der Waals surface area contributed by atoms with Gasteiger partial charge in [-0.25, -0.2) is 4.79 Å². The Bertz CT molecular complexity index is 291. The summed E-state index contributed by atoms with van der Waals surface area (Å²) in [5, 5.41) is 7.33. The monoisotopic (exact) mass is 244 g/mol. The van der Waals surface area contributed by atoms with Gasteiger partial charge in [0.05, 0.1) is 12.6 Å². The molecule has 0 aromatic rings. The first-order valence-corrected chi connectivity index (χ1v) is 5.40. The molecule has 0 spiro atoms. The fourth-order valence-electron chi connectivity index (χ4n) is 0.916. The molecular weight excluding hydrogens is 224 g/mol. The molecule has 0 aromatic carbocycles. The number of hydrogen-bond acceptors (Lipinski definition) is 4. The molecule has 0 aliphatic carbocycles. The number of imide groups is 1. The molecule has 17 heavy (non-hydrogen) atoms. The van der Waals surface area contributed by atoms with E-state index in [-0.39, 0.29) is 12.5 Å². The molecule has 0 saturated carbocycles. The highest BCUT2D eigenvalue weighted by Gasteiger charge is 2.16. The second-order valence-electron chi connectivity index (χ2n) is 3.74. The Morgan fingerprint density at radius 3 is 2.29 bits per heavy atom. The number of carbonyl (C=O) groups is 3. The Kier molecular flexibility index (Phi) is 6.88. The average molecular weight is 244 g/mol. The van der Waals surface area contributed by atoms with E-state index in [1.165, 1.54) is 4.90 Å². The minimum absolute atomic E-state index is 0.0526. The van der Waals surface area contributed by atoms with E-state index < -0.39 is 18.0 Å². The molecular formula is C10H20N4O3. The van der Waals surface area contributed by atoms with E-state index >= 15 is 0 Å². The van der Waals surface area contributed by atoms with Gasteiger partial charge in [0.2, 0.25) is 11.8 Å². The number of carbonyl (C=O) groups excluding carboxylic acids is 3. The van der Waals surface area contributed by atoms with Gasteiger partial charge in [0.25, 0.3) is 0 Å². The van der Waals surface area contributed by atoms with Crippen LogP contribution in [0.2, 0.25) is 0 Å². The second kappa shape index (κ2) is 7.61. The average Bonchev–Trinajstić information content (AvgIpc) is 2.25. The Labute approximate surface area is 101 Å². The predicted molar refractivity (Wildman–Crippen MR) is 63.4 cm³/mol. The molecule has 0 saturated heterocycles. The van der Waals surface area contributed by atoms with Crippen molar-refractivity contribution in [2.24, 2.45) is 0 Å². The molecule has 98 valence electrons. The molecule has 7 heteroatoms. The normalized spacial score (nSPS) is 11.5. The quantitative estimate of drug-likeness (QED) is 0.572. The molecule has 4 amide bonds. The van der Waals surface area contributed by atoms with E-state index in [1.54, 1.807) is 27.9 Å². The zero-order chi connectivity index (χ0) is 13.4. The highest BCUT2D eigenvalue weighted by molar-refractivity contribution is 5.97. The van der Waals surface area contributed by atoms with E-state index in [4.69, 9.17) is 0 Å². The molecule has 0 fully saturated rings. The second-order valence-corrected chi connectivity index (χ2v) is 3.74. The van der Waals surface area contributed by atoms with Crippen molar-refractivity contribution in [1.82, 2.24) is 20.9 Å². The first kappa shape index (κ1) is 15.4. The van der Waals surface area contributed by atoms with Gasteiger partial charge >= 0.3 is 6.03 Å². The molecule has 0 bridgehead atoms. The van der Waals surface area contributed by atoms with Crippen LogP contribution in [0.25, 0.3) is 0 Å². The van der Waals surface area contributed by atoms with Crippen molar-refractivity contribution in [2.75, 3.05) is 27.2 Å². The summed E-state index contributed by atoms with van der Waals surface area (Å²) in [5.41, 5.74) is 0. The zero-order valence-electron chi connectivity index (χ0n) is 10.7. The molecule has 0 heterocycles. The van der Waals surface area contributed by atoms with Gasteiger partial charge < -0.3 is 10.2 Å². The van der Waals surface area contributed by atoms with Crippen LogP contribution in [0.3, 0.4) is 0 Å². The van der Waals surface area contributed by atoms with Crippen molar-refractivity contribution in [3.05, 3.63) is 0 Å². The number of urea groups is 1. The van der Waals surface area contributed by atoms with Gasteiger partial charge in [-0.3, -0.25) is 20.2 Å². The highest BCUT2D eigenvalue weighted by Crippen LogP contribution is 1.84. The van der Waals surface area contributed by atoms with Crippen LogP contribution < -0.4 is 16.0 Å². The fraction of sp³-hybridized carbons (Fsp3) is 0.700. The van der Waals surface area contributed by atoms with Crippen LogP contribution in [0.15, 0.2) is 0 Å². The fourth-order valence-corrected chi connectivity index (χ4v) is 0.916. The Morgan fingerprint density at radius 1 is 1.24 bits per heavy atom. The lowest BCUT2D eigenvalue weighted by atomic mass is 10.3. The molecule has 0 radical (unpaired) electrons. The molecule has 7 nitrogen and oxygen atoms in total. The van der Waals surface area contributed by atoms with Crippen molar-refractivity contribution in [3.8, 4) is 0 Å². The summed E-state index contributed by atoms with van der Waals surface area (Å²) in [5.74, 6) is -0.606. The lowest BCUT2D eigenvalue weighted by Gasteiger charge is -2.15. The number of hydrogen-bond donors (Lipinski definition) is 3. The van der Waals surface area contributed by atoms with E-state index in [0.717, 1.165) is 0 Å². The summed E-state index contributed by atoms with van der Waals surface area (Å²) in [6.07, 6.45) is 0. The maximum atomic E-state index is 11.5. The Balaban J connectivity index is 3.98. The lowest BCUT2D eigenvalue weighted by Crippen LogP contribution is -2.49. The number of nitrogens with zero attached hydrogens (tertiary/aromatic N) is 1. The van der Waals surface area contributed by atoms with Gasteiger partial charge in [-0.1, -0.05) is 0 Å². The van der Waals surface area contributed by atoms with Crippen LogP contribution in [0.1, 0.15) is 13.8 Å². The summed E-state index contributed by atoms with van der Waals surface area (Å²) in [7, 11) is 3.26. The smallest absolute Gasteiger partial charge is 0.321 e. The third-order valence-corrected chi connectivity index (χ3v) is 2.03. The number of amides is 4. The minimum Gasteiger partial charge on any atom is -0.348 e. The van der Waals surface area contributed by atoms with Crippen LogP contribution in [-0.2, 0) is 9.59 Å². The van der Waals surface area contributed by atoms with Gasteiger partial charge in [-0.05, 0) is 13.8 Å². The largest absolute Gasteiger partial charge is 0.348 e. The summed E-state index contributed by atoms with van der Waals surface area (Å²) in [6.45, 7) is 3.83. The van der Waals surface area contributed by atoms with Gasteiger partial charge in [0, 0.05) is 20.6 Å². The summed E-state index contributed by atoms with van der Waals surface area (Å²) < 4.78 is 0. The predicted octanol–water partition coefficient (Wildman–Crippen LogP) is -1.10. The van der Waals surface area contributed by atoms with Crippen LogP contribution in [0.5, 0.6) is 0 Å². The van der Waals surface area contributed by atoms with E-state index in [1.807, 2.05) is 0 Å². The van der Waals surface area contributed by atoms with Gasteiger partial charge in [-0.15, -0.1) is 0 Å². The number of rotatable bonds is 5. The van der Waals surface area contributed by atoms with Crippen molar-refractivity contribution >= 4 is 17.8 Å². The topological polar surface area (TPSA) is 90.5 Å². The zero-order valence-corrected chi connectivity index (χ0v) is 10.7. The van der Waals surface area contributed by atoms with Crippen LogP contribution in [-0.4, -0.2) is 56.0 Å². The van der Waals surface area contributed by atoms with E-state index in [2.05, 4.69) is 16.0 Å². The van der Waals surface area contributed by atoms with Crippen LogP contribution >= 0.6 is 0 Å². The summed E-state index contributed by atoms with van der Waals surface area (Å²) in [4.78, 5) is 35.2. The standard InChI is InChI=1S/C10H20N4O3/c1-5-11-10(17)13-9(16)7(2)12-6-8(15)14(3)4/h7,12H,5-6H2,1-4H3,(H2,11,13,16,17). The molecule has 0 aliphatic heterocycles. The maximum absolute atomic E-state index is 11.5. The van der Waals surface area contributed by atoms with E-state index in [9.17, 15) is 14.4 Å². The molecule has 1 unspecified atom stereocenters. The van der Waals surface area contributed by atoms with Crippen LogP contribution in [0, 0.1) is 0 Å². The number of likely N-dealkylation sites (N-methyl/N-ethyl adjacent to an activating group) is 1. The molecule has 1 atom stereocenters. The van der Waals surface area contributed by atoms with Gasteiger partial charge in [0.1, 0.15) is 0 Å². The molecule has 0 aliphatic rings. The van der Waals surface area contributed by atoms with Crippen molar-refractivity contribution in [2.45, 2.75) is 19.9 Å². The van der Waals surface area contributed by atoms with Crippen LogP contribution in [0.4, 0.5) is 4.79 Å². The summed E-state index contributed by atoms with van der Waals surface area (Å²) >= 11 is 0. The Hall–Kier alpha value is -1.63. The lowest BCUT2D eigenvalue weighted by molar-refractivity contribution is -0.128. The Morgan fingerprint density at radius 2 is 1.82 bits per heavy atom. The van der Waals surface area contributed by atoms with Crippen molar-refractivity contribution in [1.29, 1.82) is 0 Å². The van der Waals surface area contributed by atoms with Crippen molar-refractivity contribution in [3.63, 3.8) is 0 Å². The number of nitrogens with one attached hydrogen (secondary N) is 3. The first-order valence-electron chi connectivity index (χ1n) is 5.40. The van der Waals surface area contributed by atoms with Crippen molar-refractivity contribution < 1.29 is 14.4 Å². The molecule has 0 aromatic heterocycles. The molecule has 0 rings (SSSR count). The highest BCUT2D eigenvalue weighted by atomic mass is 16.2. The van der Waals surface area contributed by atoms with Gasteiger partial charge in [0.15, 0.2) is 0 Å². The third kappa shape index (κ3) is 6.52. The van der Waals surface area contributed by atoms with E-state index in [0.29, 0.717) is 6.54 Å². The summed E-state index contributed by atoms with van der Waals surface area (Å²) in [6, 6.07) is -1.15. The van der Waals surface area contributed by atoms with Gasteiger partial charge in [-0.2, -0.15) is 0 Å². The maximum Gasteiger partial charge on any atom is 0.321 e.